The van der Waals surface area contributed by atoms with Gasteiger partial charge in [0.25, 0.3) is 0 Å². The SMILES string of the molecule is O=C(O)C(=O)O.O=c1n(CCCBr)nc2ccccn12.O=c1n(CCCN2C3CCC2CC(OCc2ccccc2F)C3)nc2ccccn12. The fourth-order valence-electron chi connectivity index (χ4n) is 6.39. The lowest BCUT2D eigenvalue weighted by Gasteiger charge is -2.38. The van der Waals surface area contributed by atoms with E-state index in [9.17, 15) is 14.0 Å². The van der Waals surface area contributed by atoms with E-state index in [1.54, 1.807) is 38.0 Å². The number of piperidine rings is 1. The van der Waals surface area contributed by atoms with Gasteiger partial charge in [-0.1, -0.05) is 46.3 Å². The van der Waals surface area contributed by atoms with Gasteiger partial charge in [-0.2, -0.15) is 0 Å². The van der Waals surface area contributed by atoms with Gasteiger partial charge in [0.2, 0.25) is 0 Å². The lowest BCUT2D eigenvalue weighted by molar-refractivity contribution is -0.159. The van der Waals surface area contributed by atoms with E-state index in [2.05, 4.69) is 31.0 Å². The summed E-state index contributed by atoms with van der Waals surface area (Å²) in [6.45, 7) is 2.60. The predicted molar refractivity (Wildman–Crippen MR) is 185 cm³/mol. The van der Waals surface area contributed by atoms with Gasteiger partial charge in [-0.15, -0.1) is 10.2 Å². The van der Waals surface area contributed by atoms with Crippen molar-refractivity contribution in [3.8, 4) is 0 Å². The Labute approximate surface area is 294 Å². The lowest BCUT2D eigenvalue weighted by atomic mass is 9.99. The van der Waals surface area contributed by atoms with Crippen molar-refractivity contribution >= 4 is 39.2 Å². The molecule has 2 aliphatic rings. The quantitative estimate of drug-likeness (QED) is 0.159. The van der Waals surface area contributed by atoms with Crippen LogP contribution in [0, 0.1) is 5.82 Å². The number of ether oxygens (including phenoxy) is 1. The minimum absolute atomic E-state index is 0.0680. The van der Waals surface area contributed by atoms with E-state index in [1.165, 1.54) is 23.6 Å². The molecule has 2 bridgehead atoms. The summed E-state index contributed by atoms with van der Waals surface area (Å²) >= 11 is 3.33. The largest absolute Gasteiger partial charge is 0.473 e. The molecule has 2 saturated heterocycles. The zero-order chi connectivity index (χ0) is 35.6. The van der Waals surface area contributed by atoms with Crippen molar-refractivity contribution in [3.05, 3.63) is 105 Å². The Balaban J connectivity index is 0.000000201. The fraction of sp³-hybridized carbons (Fsp3) is 0.412. The Hall–Kier alpha value is -4.67. The second kappa shape index (κ2) is 17.3. The third-order valence-electron chi connectivity index (χ3n) is 8.72. The van der Waals surface area contributed by atoms with Gasteiger partial charge >= 0.3 is 23.3 Å². The van der Waals surface area contributed by atoms with Crippen LogP contribution < -0.4 is 11.4 Å². The van der Waals surface area contributed by atoms with Crippen LogP contribution in [0.25, 0.3) is 11.3 Å². The zero-order valence-corrected chi connectivity index (χ0v) is 28.8. The van der Waals surface area contributed by atoms with Gasteiger partial charge in [0, 0.05) is 55.0 Å². The van der Waals surface area contributed by atoms with Gasteiger partial charge in [-0.25, -0.2) is 32.9 Å². The Kier molecular flexibility index (Phi) is 12.7. The number of hydrogen-bond donors (Lipinski definition) is 2. The Morgan fingerprint density at radius 1 is 0.780 bits per heavy atom. The van der Waals surface area contributed by atoms with Crippen LogP contribution in [-0.2, 0) is 34.0 Å². The van der Waals surface area contributed by atoms with Crippen molar-refractivity contribution in [3.63, 3.8) is 0 Å². The molecule has 0 saturated carbocycles. The summed E-state index contributed by atoms with van der Waals surface area (Å²) in [7, 11) is 0. The molecule has 0 radical (unpaired) electrons. The minimum Gasteiger partial charge on any atom is -0.473 e. The number of alkyl halides is 1. The molecule has 0 spiro atoms. The molecule has 7 rings (SSSR count). The highest BCUT2D eigenvalue weighted by molar-refractivity contribution is 9.09. The maximum atomic E-state index is 13.8. The highest BCUT2D eigenvalue weighted by Crippen LogP contribution is 2.37. The molecule has 5 aromatic rings. The van der Waals surface area contributed by atoms with Crippen molar-refractivity contribution < 1.29 is 28.9 Å². The number of halogens is 2. The third-order valence-corrected chi connectivity index (χ3v) is 9.28. The molecular formula is C34H39BrFN7O7. The first-order valence-electron chi connectivity index (χ1n) is 16.4. The van der Waals surface area contributed by atoms with Gasteiger partial charge in [-0.05, 0) is 68.9 Å². The topological polar surface area (TPSA) is 166 Å². The second-order valence-electron chi connectivity index (χ2n) is 12.0. The number of carboxylic acid groups (broad SMARTS) is 2. The van der Waals surface area contributed by atoms with Crippen LogP contribution in [0.1, 0.15) is 44.1 Å². The van der Waals surface area contributed by atoms with Crippen molar-refractivity contribution in [2.45, 2.75) is 76.4 Å². The Morgan fingerprint density at radius 3 is 1.80 bits per heavy atom. The predicted octanol–water partition coefficient (Wildman–Crippen LogP) is 3.67. The third kappa shape index (κ3) is 9.11. The van der Waals surface area contributed by atoms with Crippen LogP contribution in [0.2, 0.25) is 0 Å². The molecule has 2 N–H and O–H groups in total. The molecule has 14 nitrogen and oxygen atoms in total. The number of rotatable bonds is 10. The maximum Gasteiger partial charge on any atom is 0.414 e. The molecule has 2 fully saturated rings. The number of aryl methyl sites for hydroxylation is 2. The standard InChI is InChI=1S/C23H27FN4O2.C9H10BrN3O.C2H2O4/c24-21-7-2-1-6-17(21)16-30-20-14-18-9-10-19(15-20)26(18)12-5-13-28-23(29)27-11-4-3-8-22(27)25-28;10-5-3-7-13-9(14)12-6-2-1-4-8(12)11-13;3-1(4)2(5)6/h1-4,6-8,11,18-20H,5,9-10,12-16H2;1-2,4,6H,3,5,7H2;(H,3,4)(H,5,6). The van der Waals surface area contributed by atoms with E-state index >= 15 is 0 Å². The Morgan fingerprint density at radius 2 is 1.30 bits per heavy atom. The van der Waals surface area contributed by atoms with Crippen molar-refractivity contribution in [1.29, 1.82) is 0 Å². The molecule has 4 aromatic heterocycles. The summed E-state index contributed by atoms with van der Waals surface area (Å²) in [5.41, 5.74) is 1.88. The maximum absolute atomic E-state index is 13.8. The summed E-state index contributed by atoms with van der Waals surface area (Å²) < 4.78 is 26.1. The molecule has 0 aliphatic carbocycles. The van der Waals surface area contributed by atoms with E-state index in [-0.39, 0.29) is 23.3 Å². The van der Waals surface area contributed by atoms with Gasteiger partial charge in [0.15, 0.2) is 11.3 Å². The summed E-state index contributed by atoms with van der Waals surface area (Å²) in [5.74, 6) is -3.84. The first-order valence-corrected chi connectivity index (χ1v) is 17.5. The van der Waals surface area contributed by atoms with E-state index in [4.69, 9.17) is 24.5 Å². The van der Waals surface area contributed by atoms with Crippen molar-refractivity contribution in [2.24, 2.45) is 0 Å². The van der Waals surface area contributed by atoms with Gasteiger partial charge < -0.3 is 14.9 Å². The zero-order valence-electron chi connectivity index (χ0n) is 27.3. The number of aliphatic carboxylic acids is 2. The molecule has 2 unspecified atom stereocenters. The molecular weight excluding hydrogens is 717 g/mol. The van der Waals surface area contributed by atoms with Gasteiger partial charge in [-0.3, -0.25) is 13.7 Å². The van der Waals surface area contributed by atoms with Gasteiger partial charge in [0.05, 0.1) is 12.7 Å². The summed E-state index contributed by atoms with van der Waals surface area (Å²) in [4.78, 5) is 44.9. The molecule has 16 heteroatoms. The van der Waals surface area contributed by atoms with E-state index in [0.29, 0.717) is 48.6 Å². The number of benzene rings is 1. The normalized spacial score (nSPS) is 18.3. The van der Waals surface area contributed by atoms with Crippen molar-refractivity contribution in [2.75, 3.05) is 11.9 Å². The van der Waals surface area contributed by atoms with E-state index in [0.717, 1.165) is 37.6 Å². The number of aromatic nitrogens is 6. The highest BCUT2D eigenvalue weighted by Gasteiger charge is 2.40. The monoisotopic (exact) mass is 755 g/mol. The van der Waals surface area contributed by atoms with Crippen LogP contribution in [0.5, 0.6) is 0 Å². The molecule has 50 heavy (non-hydrogen) atoms. The molecule has 0 amide bonds. The van der Waals surface area contributed by atoms with E-state index < -0.39 is 11.9 Å². The summed E-state index contributed by atoms with van der Waals surface area (Å²) in [5, 5.41) is 24.3. The fourth-order valence-corrected chi connectivity index (χ4v) is 6.64. The Bertz CT molecular complexity index is 2000. The molecule has 2 aliphatic heterocycles. The molecule has 2 atom stereocenters. The smallest absolute Gasteiger partial charge is 0.414 e. The van der Waals surface area contributed by atoms with Crippen LogP contribution >= 0.6 is 15.9 Å². The summed E-state index contributed by atoms with van der Waals surface area (Å²) in [6, 6.07) is 19.0. The number of hydrogen-bond acceptors (Lipinski definition) is 8. The van der Waals surface area contributed by atoms with Crippen LogP contribution in [-0.4, -0.2) is 85.5 Å². The first kappa shape index (κ1) is 36.6. The highest BCUT2D eigenvalue weighted by atomic mass is 79.9. The van der Waals surface area contributed by atoms with Crippen LogP contribution in [0.3, 0.4) is 0 Å². The minimum atomic E-state index is -1.82. The molecule has 266 valence electrons. The number of carboxylic acids is 2. The number of pyridine rings is 2. The molecule has 6 heterocycles. The average Bonchev–Trinajstić information content (AvgIpc) is 3.70. The van der Waals surface area contributed by atoms with E-state index in [1.807, 2.05) is 42.5 Å². The number of nitrogens with zero attached hydrogens (tertiary/aromatic N) is 7. The summed E-state index contributed by atoms with van der Waals surface area (Å²) in [6.07, 6.45) is 9.87. The first-order chi connectivity index (χ1) is 24.2. The van der Waals surface area contributed by atoms with Crippen LogP contribution in [0.4, 0.5) is 4.39 Å². The van der Waals surface area contributed by atoms with Gasteiger partial charge in [0.1, 0.15) is 5.82 Å². The lowest BCUT2D eigenvalue weighted by Crippen LogP contribution is -2.46. The number of fused-ring (bicyclic) bond motifs is 4. The second-order valence-corrected chi connectivity index (χ2v) is 12.8. The molecule has 1 aromatic carbocycles. The van der Waals surface area contributed by atoms with Crippen LogP contribution in [0.15, 0.2) is 82.6 Å². The van der Waals surface area contributed by atoms with Crippen molar-refractivity contribution in [1.82, 2.24) is 33.3 Å². The average molecular weight is 757 g/mol. The number of carbonyl (C=O) groups is 2.